The zero-order valence-corrected chi connectivity index (χ0v) is 10.5. The molecule has 0 radical (unpaired) electrons. The van der Waals surface area contributed by atoms with Crippen LogP contribution < -0.4 is 10.1 Å². The molecular weight excluding hydrogens is 233 g/mol. The highest BCUT2D eigenvalue weighted by molar-refractivity contribution is 5.56. The Kier molecular flexibility index (Phi) is 3.87. The lowest BCUT2D eigenvalue weighted by atomic mass is 10.2. The topological polar surface area (TPSA) is 34.4 Å². The van der Waals surface area contributed by atoms with Crippen LogP contribution in [0.15, 0.2) is 34.7 Å². The van der Waals surface area contributed by atoms with Crippen LogP contribution in [0, 0.1) is 5.82 Å². The lowest BCUT2D eigenvalue weighted by Crippen LogP contribution is -2.00. The molecule has 0 bridgehead atoms. The average Bonchev–Trinajstić information content (AvgIpc) is 2.85. The Morgan fingerprint density at radius 1 is 1.22 bits per heavy atom. The normalized spacial score (nSPS) is 10.4. The second kappa shape index (κ2) is 5.58. The maximum absolute atomic E-state index is 13.0. The second-order valence-corrected chi connectivity index (χ2v) is 3.92. The summed E-state index contributed by atoms with van der Waals surface area (Å²) in [4.78, 5) is 0. The number of hydrogen-bond acceptors (Lipinski definition) is 3. The quantitative estimate of drug-likeness (QED) is 0.879. The SMILES string of the molecule is CCc1ccc(CNc2ccc(F)cc2OC)o1. The Bertz CT molecular complexity index is 522. The van der Waals surface area contributed by atoms with Gasteiger partial charge in [-0.1, -0.05) is 6.92 Å². The minimum atomic E-state index is -0.316. The molecule has 2 aromatic rings. The van der Waals surface area contributed by atoms with E-state index in [-0.39, 0.29) is 5.82 Å². The van der Waals surface area contributed by atoms with Gasteiger partial charge in [0.25, 0.3) is 0 Å². The molecule has 0 aliphatic carbocycles. The molecule has 1 N–H and O–H groups in total. The first-order chi connectivity index (χ1) is 8.72. The van der Waals surface area contributed by atoms with Gasteiger partial charge in [0.05, 0.1) is 19.3 Å². The lowest BCUT2D eigenvalue weighted by Gasteiger charge is -2.09. The van der Waals surface area contributed by atoms with Crippen LogP contribution >= 0.6 is 0 Å². The predicted molar refractivity (Wildman–Crippen MR) is 68.4 cm³/mol. The number of aryl methyl sites for hydroxylation is 1. The molecule has 1 heterocycles. The maximum atomic E-state index is 13.0. The van der Waals surface area contributed by atoms with E-state index in [1.54, 1.807) is 6.07 Å². The fourth-order valence-corrected chi connectivity index (χ4v) is 1.70. The van der Waals surface area contributed by atoms with E-state index in [0.717, 1.165) is 23.6 Å². The second-order valence-electron chi connectivity index (χ2n) is 3.92. The van der Waals surface area contributed by atoms with Crippen molar-refractivity contribution >= 4 is 5.69 Å². The third-order valence-corrected chi connectivity index (χ3v) is 2.68. The summed E-state index contributed by atoms with van der Waals surface area (Å²) in [6.45, 7) is 2.58. The summed E-state index contributed by atoms with van der Waals surface area (Å²) >= 11 is 0. The van der Waals surface area contributed by atoms with E-state index in [9.17, 15) is 4.39 Å². The molecule has 0 unspecified atom stereocenters. The van der Waals surface area contributed by atoms with Gasteiger partial charge in [0, 0.05) is 12.5 Å². The van der Waals surface area contributed by atoms with Gasteiger partial charge in [0.1, 0.15) is 23.1 Å². The molecule has 0 spiro atoms. The van der Waals surface area contributed by atoms with Gasteiger partial charge < -0.3 is 14.5 Å². The first kappa shape index (κ1) is 12.5. The standard InChI is InChI=1S/C14H16FNO2/c1-3-11-5-6-12(18-11)9-16-13-7-4-10(15)8-14(13)17-2/h4-8,16H,3,9H2,1-2H3. The van der Waals surface area contributed by atoms with Crippen molar-refractivity contribution in [3.8, 4) is 5.75 Å². The Morgan fingerprint density at radius 3 is 2.67 bits per heavy atom. The van der Waals surface area contributed by atoms with Gasteiger partial charge in [-0.05, 0) is 24.3 Å². The molecule has 0 aliphatic rings. The van der Waals surface area contributed by atoms with Crippen molar-refractivity contribution in [2.24, 2.45) is 0 Å². The third-order valence-electron chi connectivity index (χ3n) is 2.68. The number of ether oxygens (including phenoxy) is 1. The molecule has 0 saturated carbocycles. The minimum Gasteiger partial charge on any atom is -0.494 e. The molecule has 3 nitrogen and oxygen atoms in total. The molecule has 0 fully saturated rings. The van der Waals surface area contributed by atoms with Crippen LogP contribution in [0.4, 0.5) is 10.1 Å². The number of benzene rings is 1. The van der Waals surface area contributed by atoms with Crippen molar-refractivity contribution in [3.63, 3.8) is 0 Å². The number of furan rings is 1. The highest BCUT2D eigenvalue weighted by Crippen LogP contribution is 2.25. The largest absolute Gasteiger partial charge is 0.494 e. The molecular formula is C14H16FNO2. The molecule has 1 aromatic heterocycles. The van der Waals surface area contributed by atoms with Crippen LogP contribution in [0.3, 0.4) is 0 Å². The number of hydrogen-bond donors (Lipinski definition) is 1. The molecule has 18 heavy (non-hydrogen) atoms. The summed E-state index contributed by atoms with van der Waals surface area (Å²) in [6.07, 6.45) is 0.875. The Hall–Kier alpha value is -1.97. The number of nitrogens with one attached hydrogen (secondary N) is 1. The fourth-order valence-electron chi connectivity index (χ4n) is 1.70. The highest BCUT2D eigenvalue weighted by atomic mass is 19.1. The molecule has 0 amide bonds. The summed E-state index contributed by atoms with van der Waals surface area (Å²) in [5.41, 5.74) is 0.744. The van der Waals surface area contributed by atoms with Crippen molar-refractivity contribution in [2.45, 2.75) is 19.9 Å². The van der Waals surface area contributed by atoms with Crippen LogP contribution in [0.1, 0.15) is 18.4 Å². The molecule has 0 aliphatic heterocycles. The summed E-state index contributed by atoms with van der Waals surface area (Å²) in [7, 11) is 1.52. The van der Waals surface area contributed by atoms with Gasteiger partial charge in [-0.15, -0.1) is 0 Å². The van der Waals surface area contributed by atoms with Crippen molar-refractivity contribution < 1.29 is 13.5 Å². The first-order valence-electron chi connectivity index (χ1n) is 5.88. The van der Waals surface area contributed by atoms with Crippen LogP contribution in [-0.4, -0.2) is 7.11 Å². The summed E-state index contributed by atoms with van der Waals surface area (Å²) in [5.74, 6) is 1.97. The van der Waals surface area contributed by atoms with E-state index in [4.69, 9.17) is 9.15 Å². The predicted octanol–water partition coefficient (Wildman–Crippen LogP) is 3.60. The van der Waals surface area contributed by atoms with Crippen molar-refractivity contribution in [1.82, 2.24) is 0 Å². The number of methoxy groups -OCH3 is 1. The van der Waals surface area contributed by atoms with E-state index in [1.807, 2.05) is 19.1 Å². The Morgan fingerprint density at radius 2 is 2.00 bits per heavy atom. The van der Waals surface area contributed by atoms with Crippen molar-refractivity contribution in [1.29, 1.82) is 0 Å². The van der Waals surface area contributed by atoms with Crippen molar-refractivity contribution in [2.75, 3.05) is 12.4 Å². The molecule has 0 saturated heterocycles. The van der Waals surface area contributed by atoms with E-state index in [1.165, 1.54) is 19.2 Å². The minimum absolute atomic E-state index is 0.316. The van der Waals surface area contributed by atoms with Crippen LogP contribution in [-0.2, 0) is 13.0 Å². The van der Waals surface area contributed by atoms with Crippen LogP contribution in [0.2, 0.25) is 0 Å². The zero-order valence-electron chi connectivity index (χ0n) is 10.5. The van der Waals surface area contributed by atoms with Crippen molar-refractivity contribution in [3.05, 3.63) is 47.7 Å². The fraction of sp³-hybridized carbons (Fsp3) is 0.286. The molecule has 0 atom stereocenters. The first-order valence-corrected chi connectivity index (χ1v) is 5.88. The Balaban J connectivity index is 2.05. The van der Waals surface area contributed by atoms with Gasteiger partial charge in [0.15, 0.2) is 0 Å². The van der Waals surface area contributed by atoms with E-state index < -0.39 is 0 Å². The molecule has 96 valence electrons. The van der Waals surface area contributed by atoms with E-state index >= 15 is 0 Å². The lowest BCUT2D eigenvalue weighted by molar-refractivity contribution is 0.412. The van der Waals surface area contributed by atoms with E-state index in [0.29, 0.717) is 12.3 Å². The summed E-state index contributed by atoms with van der Waals surface area (Å²) in [5, 5.41) is 3.16. The maximum Gasteiger partial charge on any atom is 0.144 e. The van der Waals surface area contributed by atoms with Crippen LogP contribution in [0.25, 0.3) is 0 Å². The van der Waals surface area contributed by atoms with Gasteiger partial charge in [-0.2, -0.15) is 0 Å². The molecule has 4 heteroatoms. The van der Waals surface area contributed by atoms with Gasteiger partial charge in [0.2, 0.25) is 0 Å². The van der Waals surface area contributed by atoms with Gasteiger partial charge in [-0.3, -0.25) is 0 Å². The molecule has 2 rings (SSSR count). The number of anilines is 1. The highest BCUT2D eigenvalue weighted by Gasteiger charge is 2.05. The average molecular weight is 249 g/mol. The molecule has 1 aromatic carbocycles. The number of halogens is 1. The van der Waals surface area contributed by atoms with Gasteiger partial charge in [-0.25, -0.2) is 4.39 Å². The van der Waals surface area contributed by atoms with E-state index in [2.05, 4.69) is 5.32 Å². The summed E-state index contributed by atoms with van der Waals surface area (Å²) in [6, 6.07) is 8.28. The smallest absolute Gasteiger partial charge is 0.144 e. The van der Waals surface area contributed by atoms with Crippen LogP contribution in [0.5, 0.6) is 5.75 Å². The zero-order chi connectivity index (χ0) is 13.0. The number of rotatable bonds is 5. The third kappa shape index (κ3) is 2.83. The Labute approximate surface area is 106 Å². The summed E-state index contributed by atoms with van der Waals surface area (Å²) < 4.78 is 23.7. The monoisotopic (exact) mass is 249 g/mol. The van der Waals surface area contributed by atoms with Gasteiger partial charge >= 0.3 is 0 Å².